The van der Waals surface area contributed by atoms with Gasteiger partial charge in [-0.2, -0.15) is 0 Å². The Morgan fingerprint density at radius 1 is 1.47 bits per heavy atom. The van der Waals surface area contributed by atoms with E-state index >= 15 is 0 Å². The maximum atomic E-state index is 11.8. The fourth-order valence-corrected chi connectivity index (χ4v) is 1.80. The second kappa shape index (κ2) is 6.37. The fraction of sp³-hybridized carbons (Fsp3) is 0.750. The van der Waals surface area contributed by atoms with Crippen molar-refractivity contribution in [1.29, 1.82) is 0 Å². The summed E-state index contributed by atoms with van der Waals surface area (Å²) in [5.41, 5.74) is 0. The van der Waals surface area contributed by atoms with Crippen molar-refractivity contribution in [3.8, 4) is 0 Å². The number of hydrogen-bond acceptors (Lipinski definition) is 4. The summed E-state index contributed by atoms with van der Waals surface area (Å²) in [6, 6.07) is -0.338. The monoisotopic (exact) mass is 240 g/mol. The van der Waals surface area contributed by atoms with Gasteiger partial charge in [-0.1, -0.05) is 13.3 Å². The first-order valence-electron chi connectivity index (χ1n) is 6.14. The molecule has 0 fully saturated rings. The number of carbonyl (C=O) groups is 2. The molecule has 1 rings (SSSR count). The van der Waals surface area contributed by atoms with Crippen LogP contribution in [0, 0.1) is 5.92 Å². The molecule has 2 atom stereocenters. The maximum absolute atomic E-state index is 11.8. The number of nitrogens with zero attached hydrogens (tertiary/aromatic N) is 1. The van der Waals surface area contributed by atoms with Crippen LogP contribution in [0.5, 0.6) is 0 Å². The third-order valence-corrected chi connectivity index (χ3v) is 2.70. The highest BCUT2D eigenvalue weighted by Gasteiger charge is 2.37. The van der Waals surface area contributed by atoms with E-state index < -0.39 is 11.9 Å². The number of nitrogens with one attached hydrogen (secondary N) is 1. The molecule has 1 amide bonds. The van der Waals surface area contributed by atoms with Gasteiger partial charge in [-0.15, -0.1) is 0 Å². The van der Waals surface area contributed by atoms with Crippen molar-refractivity contribution in [1.82, 2.24) is 5.32 Å². The van der Waals surface area contributed by atoms with Gasteiger partial charge in [-0.25, -0.2) is 0 Å². The predicted octanol–water partition coefficient (Wildman–Crippen LogP) is 1.27. The number of amides is 1. The lowest BCUT2D eigenvalue weighted by atomic mass is 9.98. The fourth-order valence-electron chi connectivity index (χ4n) is 1.80. The van der Waals surface area contributed by atoms with Gasteiger partial charge >= 0.3 is 5.97 Å². The normalized spacial score (nSPS) is 23.9. The lowest BCUT2D eigenvalue weighted by Crippen LogP contribution is -2.48. The molecule has 17 heavy (non-hydrogen) atoms. The summed E-state index contributed by atoms with van der Waals surface area (Å²) in [5.74, 6) is -0.905. The van der Waals surface area contributed by atoms with Crippen LogP contribution in [0.2, 0.25) is 0 Å². The number of aliphatic imine (C=N–C) groups is 1. The average Bonchev–Trinajstić information content (AvgIpc) is 2.25. The minimum atomic E-state index is -0.805. The lowest BCUT2D eigenvalue weighted by molar-refractivity contribution is -0.152. The molecule has 1 aliphatic rings. The van der Waals surface area contributed by atoms with Crippen molar-refractivity contribution in [2.45, 2.75) is 46.1 Å². The minimum Gasteiger partial charge on any atom is -0.465 e. The predicted molar refractivity (Wildman–Crippen MR) is 64.7 cm³/mol. The molecule has 1 heterocycles. The average molecular weight is 240 g/mol. The van der Waals surface area contributed by atoms with Crippen molar-refractivity contribution in [2.75, 3.05) is 6.61 Å². The molecule has 0 aromatic rings. The second-order valence-corrected chi connectivity index (χ2v) is 4.14. The Balaban J connectivity index is 2.69. The molecule has 0 aromatic carbocycles. The molecule has 0 saturated carbocycles. The highest BCUT2D eigenvalue weighted by atomic mass is 16.5. The first kappa shape index (κ1) is 13.7. The number of rotatable bonds is 5. The van der Waals surface area contributed by atoms with E-state index in [9.17, 15) is 9.59 Å². The van der Waals surface area contributed by atoms with E-state index in [0.29, 0.717) is 5.84 Å². The molecular weight excluding hydrogens is 220 g/mol. The highest BCUT2D eigenvalue weighted by molar-refractivity contribution is 6.09. The van der Waals surface area contributed by atoms with Crippen molar-refractivity contribution in [3.05, 3.63) is 0 Å². The van der Waals surface area contributed by atoms with Crippen molar-refractivity contribution >= 4 is 17.7 Å². The molecular formula is C12H20N2O3. The molecule has 0 unspecified atom stereocenters. The molecule has 0 aromatic heterocycles. The van der Waals surface area contributed by atoms with Crippen LogP contribution in [-0.4, -0.2) is 30.4 Å². The molecule has 96 valence electrons. The molecule has 0 aliphatic carbocycles. The highest BCUT2D eigenvalue weighted by Crippen LogP contribution is 2.16. The summed E-state index contributed by atoms with van der Waals surface area (Å²) in [6.45, 7) is 5.85. The van der Waals surface area contributed by atoms with Gasteiger partial charge < -0.3 is 10.1 Å². The van der Waals surface area contributed by atoms with Crippen molar-refractivity contribution in [3.63, 3.8) is 0 Å². The summed E-state index contributed by atoms with van der Waals surface area (Å²) < 4.78 is 4.87. The number of esters is 1. The summed E-state index contributed by atoms with van der Waals surface area (Å²) in [4.78, 5) is 27.7. The zero-order chi connectivity index (χ0) is 12.8. The quantitative estimate of drug-likeness (QED) is 0.581. The third-order valence-electron chi connectivity index (χ3n) is 2.70. The Morgan fingerprint density at radius 3 is 2.71 bits per heavy atom. The number of amidine groups is 1. The molecule has 0 saturated heterocycles. The molecule has 5 nitrogen and oxygen atoms in total. The Bertz CT molecular complexity index is 326. The maximum Gasteiger partial charge on any atom is 0.320 e. The first-order chi connectivity index (χ1) is 8.10. The summed E-state index contributed by atoms with van der Waals surface area (Å²) >= 11 is 0. The van der Waals surface area contributed by atoms with E-state index in [1.807, 2.05) is 0 Å². The van der Waals surface area contributed by atoms with Gasteiger partial charge in [-0.3, -0.25) is 14.6 Å². The summed E-state index contributed by atoms with van der Waals surface area (Å²) in [6.07, 6.45) is 2.78. The van der Waals surface area contributed by atoms with Gasteiger partial charge in [0.1, 0.15) is 5.84 Å². The van der Waals surface area contributed by atoms with Gasteiger partial charge in [0.2, 0.25) is 5.91 Å². The number of ether oxygens (including phenoxy) is 1. The standard InChI is InChI=1S/C12H20N2O3/c1-4-6-7-9-13-8(3)10(11(15)14-9)12(16)17-5-2/h8,10H,4-7H2,1-3H3,(H,13,14,15)/t8-,10+/m0/s1. The van der Waals surface area contributed by atoms with Crippen LogP contribution in [-0.2, 0) is 14.3 Å². The Morgan fingerprint density at radius 2 is 2.18 bits per heavy atom. The first-order valence-corrected chi connectivity index (χ1v) is 6.14. The van der Waals surface area contributed by atoms with E-state index in [1.165, 1.54) is 0 Å². The van der Waals surface area contributed by atoms with Gasteiger partial charge in [0.25, 0.3) is 0 Å². The molecule has 1 aliphatic heterocycles. The number of carbonyl (C=O) groups excluding carboxylic acids is 2. The Kier molecular flexibility index (Phi) is 5.12. The Labute approximate surface area is 102 Å². The van der Waals surface area contributed by atoms with Gasteiger partial charge in [-0.05, 0) is 20.3 Å². The zero-order valence-corrected chi connectivity index (χ0v) is 10.7. The van der Waals surface area contributed by atoms with E-state index in [1.54, 1.807) is 13.8 Å². The van der Waals surface area contributed by atoms with Crippen LogP contribution in [0.4, 0.5) is 0 Å². The van der Waals surface area contributed by atoms with E-state index in [-0.39, 0.29) is 18.6 Å². The summed E-state index contributed by atoms with van der Waals surface area (Å²) in [7, 11) is 0. The lowest BCUT2D eigenvalue weighted by Gasteiger charge is -2.25. The van der Waals surface area contributed by atoms with Gasteiger partial charge in [0, 0.05) is 6.42 Å². The van der Waals surface area contributed by atoms with Crippen LogP contribution < -0.4 is 5.32 Å². The smallest absolute Gasteiger partial charge is 0.320 e. The van der Waals surface area contributed by atoms with Crippen LogP contribution in [0.25, 0.3) is 0 Å². The molecule has 0 bridgehead atoms. The van der Waals surface area contributed by atoms with E-state index in [2.05, 4.69) is 17.2 Å². The van der Waals surface area contributed by atoms with Crippen molar-refractivity contribution < 1.29 is 14.3 Å². The third kappa shape index (κ3) is 3.54. The molecule has 0 radical (unpaired) electrons. The second-order valence-electron chi connectivity index (χ2n) is 4.14. The largest absolute Gasteiger partial charge is 0.465 e. The van der Waals surface area contributed by atoms with Crippen LogP contribution in [0.3, 0.4) is 0 Å². The molecule has 1 N–H and O–H groups in total. The van der Waals surface area contributed by atoms with Gasteiger partial charge in [0.15, 0.2) is 5.92 Å². The SMILES string of the molecule is CCCCC1=N[C@@H](C)[C@@H](C(=O)OCC)C(=O)N1. The summed E-state index contributed by atoms with van der Waals surface area (Å²) in [5, 5.41) is 2.68. The molecule has 5 heteroatoms. The number of unbranched alkanes of at least 4 members (excludes halogenated alkanes) is 1. The van der Waals surface area contributed by atoms with Crippen LogP contribution in [0.15, 0.2) is 4.99 Å². The molecule has 0 spiro atoms. The minimum absolute atomic E-state index is 0.280. The number of hydrogen-bond donors (Lipinski definition) is 1. The van der Waals surface area contributed by atoms with Crippen LogP contribution >= 0.6 is 0 Å². The van der Waals surface area contributed by atoms with Gasteiger partial charge in [0.05, 0.1) is 12.6 Å². The zero-order valence-electron chi connectivity index (χ0n) is 10.7. The topological polar surface area (TPSA) is 67.8 Å². The van der Waals surface area contributed by atoms with Crippen molar-refractivity contribution in [2.24, 2.45) is 10.9 Å². The Hall–Kier alpha value is -1.39. The van der Waals surface area contributed by atoms with E-state index in [4.69, 9.17) is 4.74 Å². The van der Waals surface area contributed by atoms with E-state index in [0.717, 1.165) is 19.3 Å². The van der Waals surface area contributed by atoms with Crippen LogP contribution in [0.1, 0.15) is 40.0 Å².